The van der Waals surface area contributed by atoms with E-state index >= 15 is 0 Å². The Bertz CT molecular complexity index is 922. The van der Waals surface area contributed by atoms with Gasteiger partial charge in [-0.1, -0.05) is 0 Å². The predicted molar refractivity (Wildman–Crippen MR) is 105 cm³/mol. The number of H-pyrrole nitrogens is 1. The van der Waals surface area contributed by atoms with Crippen LogP contribution in [0.15, 0.2) is 29.1 Å². The third-order valence-electron chi connectivity index (χ3n) is 4.23. The number of carbonyl (C=O) groups excluding carboxylic acids is 1. The molecule has 2 aromatic rings. The third kappa shape index (κ3) is 5.18. The minimum atomic E-state index is -0.658. The Kier molecular flexibility index (Phi) is 7.14. The topological polar surface area (TPSA) is 125 Å². The summed E-state index contributed by atoms with van der Waals surface area (Å²) >= 11 is 5.34. The summed E-state index contributed by atoms with van der Waals surface area (Å²) in [5.74, 6) is 0.698. The van der Waals surface area contributed by atoms with Gasteiger partial charge >= 0.3 is 0 Å². The van der Waals surface area contributed by atoms with Gasteiger partial charge in [-0.25, -0.2) is 0 Å². The molecule has 0 saturated carbocycles. The Morgan fingerprint density at radius 2 is 2.00 bits per heavy atom. The molecule has 0 aliphatic carbocycles. The lowest BCUT2D eigenvalue weighted by Gasteiger charge is -2.17. The number of nitrogens with one attached hydrogen (secondary N) is 1. The van der Waals surface area contributed by atoms with Crippen LogP contribution in [-0.4, -0.2) is 35.7 Å². The van der Waals surface area contributed by atoms with E-state index in [1.54, 1.807) is 26.4 Å². The van der Waals surface area contributed by atoms with Gasteiger partial charge in [0.25, 0.3) is 5.56 Å². The maximum Gasteiger partial charge on any atom is 0.252 e. The van der Waals surface area contributed by atoms with Crippen LogP contribution in [0.3, 0.4) is 0 Å². The second-order valence-corrected chi connectivity index (χ2v) is 6.43. The Balaban J connectivity index is 2.33. The summed E-state index contributed by atoms with van der Waals surface area (Å²) < 4.78 is 12.8. The van der Waals surface area contributed by atoms with E-state index in [2.05, 4.69) is 4.98 Å². The summed E-state index contributed by atoms with van der Waals surface area (Å²) in [6.45, 7) is 0.547. The fourth-order valence-electron chi connectivity index (χ4n) is 2.75. The molecule has 1 amide bonds. The van der Waals surface area contributed by atoms with Crippen LogP contribution in [-0.2, 0) is 11.3 Å². The first-order valence-electron chi connectivity index (χ1n) is 8.48. The van der Waals surface area contributed by atoms with Crippen molar-refractivity contribution in [1.29, 1.82) is 0 Å². The highest BCUT2D eigenvalue weighted by atomic mass is 32.1. The molecule has 5 N–H and O–H groups in total. The first-order chi connectivity index (χ1) is 12.9. The lowest BCUT2D eigenvalue weighted by Crippen LogP contribution is -2.36. The number of hydrogen-bond donors (Lipinski definition) is 3. The highest BCUT2D eigenvalue weighted by Crippen LogP contribution is 2.32. The highest BCUT2D eigenvalue weighted by Gasteiger charge is 2.14. The van der Waals surface area contributed by atoms with Gasteiger partial charge in [0.1, 0.15) is 11.5 Å². The van der Waals surface area contributed by atoms with Crippen LogP contribution in [0.4, 0.5) is 0 Å². The van der Waals surface area contributed by atoms with Crippen molar-refractivity contribution >= 4 is 18.1 Å². The van der Waals surface area contributed by atoms with Crippen LogP contribution in [0.1, 0.15) is 19.3 Å². The fourth-order valence-corrected chi connectivity index (χ4v) is 3.04. The van der Waals surface area contributed by atoms with E-state index in [4.69, 9.17) is 33.2 Å². The summed E-state index contributed by atoms with van der Waals surface area (Å²) in [7, 11) is 3.12. The van der Waals surface area contributed by atoms with Crippen LogP contribution in [0.2, 0.25) is 0 Å². The van der Waals surface area contributed by atoms with E-state index in [9.17, 15) is 9.59 Å². The first kappa shape index (κ1) is 20.7. The molecule has 0 spiro atoms. The van der Waals surface area contributed by atoms with Crippen LogP contribution in [0, 0.1) is 4.77 Å². The van der Waals surface area contributed by atoms with Gasteiger partial charge in [-0.05, 0) is 43.6 Å². The van der Waals surface area contributed by atoms with Gasteiger partial charge in [-0.15, -0.1) is 0 Å². The number of aromatic nitrogens is 2. The molecule has 1 aromatic heterocycles. The molecule has 2 rings (SSSR count). The zero-order chi connectivity index (χ0) is 20.0. The van der Waals surface area contributed by atoms with E-state index < -0.39 is 11.9 Å². The number of aromatic amines is 1. The first-order valence-corrected chi connectivity index (χ1v) is 8.89. The van der Waals surface area contributed by atoms with Crippen LogP contribution < -0.4 is 26.5 Å². The lowest BCUT2D eigenvalue weighted by atomic mass is 10.1. The highest BCUT2D eigenvalue weighted by molar-refractivity contribution is 7.71. The number of benzene rings is 1. The van der Waals surface area contributed by atoms with E-state index in [0.717, 1.165) is 5.56 Å². The number of nitrogens with zero attached hydrogens (tertiary/aromatic N) is 1. The lowest BCUT2D eigenvalue weighted by molar-refractivity contribution is -0.119. The summed E-state index contributed by atoms with van der Waals surface area (Å²) in [4.78, 5) is 25.6. The molecule has 1 aromatic carbocycles. The average Bonchev–Trinajstić information content (AvgIpc) is 2.65. The molecule has 27 heavy (non-hydrogen) atoms. The average molecular weight is 392 g/mol. The van der Waals surface area contributed by atoms with E-state index in [-0.39, 0.29) is 5.56 Å². The van der Waals surface area contributed by atoms with E-state index in [1.165, 1.54) is 6.07 Å². The summed E-state index contributed by atoms with van der Waals surface area (Å²) in [6, 6.07) is 6.18. The van der Waals surface area contributed by atoms with Crippen molar-refractivity contribution in [2.45, 2.75) is 31.8 Å². The molecule has 0 saturated heterocycles. The van der Waals surface area contributed by atoms with Gasteiger partial charge in [-0.2, -0.15) is 0 Å². The number of primary amides is 1. The number of ether oxygens (including phenoxy) is 2. The Morgan fingerprint density at radius 3 is 2.63 bits per heavy atom. The number of hydrogen-bond acceptors (Lipinski definition) is 6. The molecular weight excluding hydrogens is 368 g/mol. The van der Waals surface area contributed by atoms with Crippen molar-refractivity contribution < 1.29 is 14.3 Å². The van der Waals surface area contributed by atoms with Gasteiger partial charge in [0.05, 0.1) is 26.0 Å². The summed E-state index contributed by atoms with van der Waals surface area (Å²) in [5, 5.41) is 0. The van der Waals surface area contributed by atoms with Gasteiger partial charge in [0.15, 0.2) is 4.77 Å². The standard InChI is InChI=1S/C18H24N4O4S/c1-25-11-6-7-12(15(9-11)26-2)14-10-16(23)21-18(27)22(14)8-4-3-5-13(19)17(20)24/h6-7,9-10,13H,3-5,8,19H2,1-2H3,(H2,20,24)(H,21,23,27)/t13-/m0/s1. The number of nitrogens with two attached hydrogens (primary N) is 2. The molecule has 0 radical (unpaired) electrons. The SMILES string of the molecule is COc1ccc(-c2cc(=O)[nH]c(=S)n2CCCC[C@H](N)C(N)=O)c(OC)c1. The molecule has 0 aliphatic heterocycles. The number of rotatable bonds is 9. The van der Waals surface area contributed by atoms with Crippen molar-refractivity contribution in [2.24, 2.45) is 11.5 Å². The van der Waals surface area contributed by atoms with Gasteiger partial charge < -0.3 is 25.5 Å². The van der Waals surface area contributed by atoms with Crippen molar-refractivity contribution in [3.05, 3.63) is 39.4 Å². The molecule has 146 valence electrons. The number of amides is 1. The molecule has 0 bridgehead atoms. The monoisotopic (exact) mass is 392 g/mol. The van der Waals surface area contributed by atoms with Gasteiger partial charge in [0, 0.05) is 24.2 Å². The molecule has 0 unspecified atom stereocenters. The molecule has 9 heteroatoms. The van der Waals surface area contributed by atoms with Crippen molar-refractivity contribution in [1.82, 2.24) is 9.55 Å². The minimum Gasteiger partial charge on any atom is -0.497 e. The van der Waals surface area contributed by atoms with Crippen LogP contribution >= 0.6 is 12.2 Å². The minimum absolute atomic E-state index is 0.292. The van der Waals surface area contributed by atoms with Crippen LogP contribution in [0.25, 0.3) is 11.3 Å². The van der Waals surface area contributed by atoms with Gasteiger partial charge in [-0.3, -0.25) is 14.6 Å². The van der Waals surface area contributed by atoms with Crippen LogP contribution in [0.5, 0.6) is 11.5 Å². The third-order valence-corrected chi connectivity index (χ3v) is 4.55. The molecule has 1 atom stereocenters. The largest absolute Gasteiger partial charge is 0.497 e. The normalized spacial score (nSPS) is 11.8. The van der Waals surface area contributed by atoms with Gasteiger partial charge in [0.2, 0.25) is 5.91 Å². The fraction of sp³-hybridized carbons (Fsp3) is 0.389. The molecule has 0 aliphatic rings. The Morgan fingerprint density at radius 1 is 1.26 bits per heavy atom. The van der Waals surface area contributed by atoms with E-state index in [1.807, 2.05) is 10.6 Å². The second-order valence-electron chi connectivity index (χ2n) is 6.05. The quantitative estimate of drug-likeness (QED) is 0.439. The Hall–Kier alpha value is -2.65. The number of methoxy groups -OCH3 is 2. The maximum atomic E-state index is 12.0. The number of carbonyl (C=O) groups is 1. The van der Waals surface area contributed by atoms with E-state index in [0.29, 0.717) is 47.8 Å². The number of unbranched alkanes of at least 4 members (excludes halogenated alkanes) is 1. The van der Waals surface area contributed by atoms with Crippen molar-refractivity contribution in [3.8, 4) is 22.8 Å². The summed E-state index contributed by atoms with van der Waals surface area (Å²) in [5.41, 5.74) is 11.9. The molecule has 0 fully saturated rings. The molecular formula is C18H24N4O4S. The van der Waals surface area contributed by atoms with Crippen molar-refractivity contribution in [2.75, 3.05) is 14.2 Å². The zero-order valence-electron chi connectivity index (χ0n) is 15.4. The van der Waals surface area contributed by atoms with Crippen molar-refractivity contribution in [3.63, 3.8) is 0 Å². The predicted octanol–water partition coefficient (Wildman–Crippen LogP) is 1.57. The second kappa shape index (κ2) is 9.33. The summed E-state index contributed by atoms with van der Waals surface area (Å²) in [6.07, 6.45) is 1.91. The smallest absolute Gasteiger partial charge is 0.252 e. The molecule has 8 nitrogen and oxygen atoms in total. The zero-order valence-corrected chi connectivity index (χ0v) is 16.2. The maximum absolute atomic E-state index is 12.0. The molecule has 1 heterocycles. The Labute approximate surface area is 162 Å².